The summed E-state index contributed by atoms with van der Waals surface area (Å²) >= 11 is 0. The topological polar surface area (TPSA) is 78.9 Å². The number of hydrogen-bond donors (Lipinski definition) is 0. The van der Waals surface area contributed by atoms with E-state index in [9.17, 15) is 14.4 Å². The van der Waals surface area contributed by atoms with E-state index in [-0.39, 0.29) is 31.1 Å². The molecular formula is C76H148O6. The smallest absolute Gasteiger partial charge is 0.306 e. The minimum absolute atomic E-state index is 0.0600. The second-order valence-electron chi connectivity index (χ2n) is 26.3. The maximum atomic E-state index is 13.0. The van der Waals surface area contributed by atoms with Crippen LogP contribution in [-0.2, 0) is 28.6 Å². The predicted molar refractivity (Wildman–Crippen MR) is 358 cm³/mol. The lowest BCUT2D eigenvalue weighted by Crippen LogP contribution is -2.30. The molecule has 0 aliphatic rings. The highest BCUT2D eigenvalue weighted by Crippen LogP contribution is 2.20. The SMILES string of the molecule is CCCCCCCCCCCCCCCCCCCCCCCCCCCCCCCC(=O)OCC(COC(=O)CCCCCCCCCCCCCCC)OC(=O)CCCCCCCCCCCCCCCCCCCCCCCC. The second-order valence-corrected chi connectivity index (χ2v) is 26.3. The molecule has 6 nitrogen and oxygen atoms in total. The Balaban J connectivity index is 4.13. The van der Waals surface area contributed by atoms with Crippen molar-refractivity contribution in [1.29, 1.82) is 0 Å². The lowest BCUT2D eigenvalue weighted by molar-refractivity contribution is -0.167. The van der Waals surface area contributed by atoms with E-state index in [1.807, 2.05) is 0 Å². The highest BCUT2D eigenvalue weighted by molar-refractivity contribution is 5.71. The summed E-state index contributed by atoms with van der Waals surface area (Å²) in [7, 11) is 0. The molecule has 82 heavy (non-hydrogen) atoms. The number of carbonyl (C=O) groups excluding carboxylic acids is 3. The zero-order chi connectivity index (χ0) is 59.2. The van der Waals surface area contributed by atoms with Crippen molar-refractivity contribution in [2.75, 3.05) is 13.2 Å². The first-order chi connectivity index (χ1) is 40.5. The van der Waals surface area contributed by atoms with Gasteiger partial charge in [0.1, 0.15) is 13.2 Å². The van der Waals surface area contributed by atoms with Gasteiger partial charge in [0.25, 0.3) is 0 Å². The summed E-state index contributed by atoms with van der Waals surface area (Å²) in [6, 6.07) is 0. The van der Waals surface area contributed by atoms with Crippen molar-refractivity contribution in [1.82, 2.24) is 0 Å². The van der Waals surface area contributed by atoms with E-state index in [1.54, 1.807) is 0 Å². The van der Waals surface area contributed by atoms with Crippen LogP contribution in [0.5, 0.6) is 0 Å². The van der Waals surface area contributed by atoms with E-state index >= 15 is 0 Å². The van der Waals surface area contributed by atoms with Crippen molar-refractivity contribution in [2.45, 2.75) is 457 Å². The van der Waals surface area contributed by atoms with Crippen molar-refractivity contribution in [3.63, 3.8) is 0 Å². The largest absolute Gasteiger partial charge is 0.462 e. The summed E-state index contributed by atoms with van der Waals surface area (Å²) in [5, 5.41) is 0. The average Bonchev–Trinajstić information content (AvgIpc) is 3.47. The average molecular weight is 1160 g/mol. The van der Waals surface area contributed by atoms with E-state index in [2.05, 4.69) is 20.8 Å². The van der Waals surface area contributed by atoms with Crippen LogP contribution >= 0.6 is 0 Å². The zero-order valence-electron chi connectivity index (χ0n) is 56.3. The van der Waals surface area contributed by atoms with Gasteiger partial charge in [-0.05, 0) is 19.3 Å². The van der Waals surface area contributed by atoms with Gasteiger partial charge in [0.05, 0.1) is 0 Å². The van der Waals surface area contributed by atoms with Gasteiger partial charge in [-0.2, -0.15) is 0 Å². The molecule has 0 aliphatic heterocycles. The van der Waals surface area contributed by atoms with Crippen LogP contribution in [-0.4, -0.2) is 37.2 Å². The Bertz CT molecular complexity index is 1240. The lowest BCUT2D eigenvalue weighted by Gasteiger charge is -2.18. The van der Waals surface area contributed by atoms with Crippen molar-refractivity contribution in [2.24, 2.45) is 0 Å². The normalized spacial score (nSPS) is 11.9. The van der Waals surface area contributed by atoms with Gasteiger partial charge >= 0.3 is 17.9 Å². The Labute approximate surface area is 514 Å². The van der Waals surface area contributed by atoms with Crippen molar-refractivity contribution >= 4 is 17.9 Å². The molecule has 0 saturated carbocycles. The Hall–Kier alpha value is -1.59. The second kappa shape index (κ2) is 71.9. The first-order valence-corrected chi connectivity index (χ1v) is 38.0. The third kappa shape index (κ3) is 69.2. The summed E-state index contributed by atoms with van der Waals surface area (Å²) in [4.78, 5) is 38.5. The van der Waals surface area contributed by atoms with Crippen LogP contribution in [0.15, 0.2) is 0 Å². The monoisotopic (exact) mass is 1160 g/mol. The number of hydrogen-bond acceptors (Lipinski definition) is 6. The molecule has 0 aromatic heterocycles. The fourth-order valence-electron chi connectivity index (χ4n) is 12.2. The summed E-state index contributed by atoms with van der Waals surface area (Å²) in [6.07, 6.45) is 85.9. The molecule has 0 spiro atoms. The Morgan fingerprint density at radius 3 is 0.488 bits per heavy atom. The quantitative estimate of drug-likeness (QED) is 0.0343. The predicted octanol–water partition coefficient (Wildman–Crippen LogP) is 26.2. The molecule has 1 atom stereocenters. The fourth-order valence-corrected chi connectivity index (χ4v) is 12.2. The Morgan fingerprint density at radius 1 is 0.195 bits per heavy atom. The van der Waals surface area contributed by atoms with Gasteiger partial charge in [0, 0.05) is 19.3 Å². The minimum Gasteiger partial charge on any atom is -0.462 e. The van der Waals surface area contributed by atoms with Crippen LogP contribution in [0.2, 0.25) is 0 Å². The van der Waals surface area contributed by atoms with Crippen LogP contribution in [0.3, 0.4) is 0 Å². The van der Waals surface area contributed by atoms with Gasteiger partial charge in [-0.1, -0.05) is 412 Å². The van der Waals surface area contributed by atoms with Crippen molar-refractivity contribution in [3.8, 4) is 0 Å². The fraction of sp³-hybridized carbons (Fsp3) is 0.961. The van der Waals surface area contributed by atoms with E-state index < -0.39 is 6.10 Å². The van der Waals surface area contributed by atoms with Crippen molar-refractivity contribution < 1.29 is 28.6 Å². The third-order valence-corrected chi connectivity index (χ3v) is 17.9. The van der Waals surface area contributed by atoms with Crippen molar-refractivity contribution in [3.05, 3.63) is 0 Å². The van der Waals surface area contributed by atoms with E-state index in [0.29, 0.717) is 19.3 Å². The van der Waals surface area contributed by atoms with Crippen LogP contribution in [0.1, 0.15) is 451 Å². The molecule has 0 amide bonds. The summed E-state index contributed by atoms with van der Waals surface area (Å²) in [5.41, 5.74) is 0. The van der Waals surface area contributed by atoms with Gasteiger partial charge in [-0.15, -0.1) is 0 Å². The minimum atomic E-state index is -0.764. The molecule has 0 fully saturated rings. The molecule has 0 saturated heterocycles. The molecule has 0 radical (unpaired) electrons. The highest BCUT2D eigenvalue weighted by atomic mass is 16.6. The zero-order valence-corrected chi connectivity index (χ0v) is 56.3. The number of ether oxygens (including phenoxy) is 3. The van der Waals surface area contributed by atoms with Crippen LogP contribution in [0, 0.1) is 0 Å². The molecule has 0 bridgehead atoms. The van der Waals surface area contributed by atoms with Gasteiger partial charge in [-0.3, -0.25) is 14.4 Å². The van der Waals surface area contributed by atoms with E-state index in [4.69, 9.17) is 14.2 Å². The van der Waals surface area contributed by atoms with E-state index in [1.165, 1.54) is 353 Å². The number of rotatable bonds is 72. The third-order valence-electron chi connectivity index (χ3n) is 17.9. The molecule has 0 heterocycles. The van der Waals surface area contributed by atoms with Crippen LogP contribution in [0.4, 0.5) is 0 Å². The van der Waals surface area contributed by atoms with Gasteiger partial charge in [-0.25, -0.2) is 0 Å². The summed E-state index contributed by atoms with van der Waals surface area (Å²) in [5.74, 6) is -0.817. The maximum absolute atomic E-state index is 13.0. The highest BCUT2D eigenvalue weighted by Gasteiger charge is 2.20. The van der Waals surface area contributed by atoms with Crippen LogP contribution in [0.25, 0.3) is 0 Å². The molecule has 0 aliphatic carbocycles. The Morgan fingerprint density at radius 2 is 0.329 bits per heavy atom. The number of unbranched alkanes of at least 4 members (excludes halogenated alkanes) is 61. The van der Waals surface area contributed by atoms with Gasteiger partial charge in [0.15, 0.2) is 6.10 Å². The first-order valence-electron chi connectivity index (χ1n) is 38.0. The summed E-state index contributed by atoms with van der Waals surface area (Å²) in [6.45, 7) is 6.75. The molecule has 0 N–H and O–H groups in total. The van der Waals surface area contributed by atoms with Gasteiger partial charge in [0.2, 0.25) is 0 Å². The van der Waals surface area contributed by atoms with Crippen LogP contribution < -0.4 is 0 Å². The molecular weight excluding hydrogens is 1010 g/mol. The maximum Gasteiger partial charge on any atom is 0.306 e. The molecule has 0 rings (SSSR count). The molecule has 6 heteroatoms. The molecule has 0 aromatic rings. The summed E-state index contributed by atoms with van der Waals surface area (Å²) < 4.78 is 17.0. The van der Waals surface area contributed by atoms with E-state index in [0.717, 1.165) is 57.8 Å². The lowest BCUT2D eigenvalue weighted by atomic mass is 10.0. The number of carbonyl (C=O) groups is 3. The number of esters is 3. The first kappa shape index (κ1) is 80.4. The molecule has 1 unspecified atom stereocenters. The molecule has 0 aromatic carbocycles. The van der Waals surface area contributed by atoms with Gasteiger partial charge < -0.3 is 14.2 Å². The standard InChI is InChI=1S/C76H148O6/c1-4-7-10-13-16-19-22-25-27-29-31-33-35-36-37-38-39-40-41-43-44-46-48-51-54-57-60-63-66-69-75(78)81-72-73(71-80-74(77)68-65-62-59-56-53-50-24-21-18-15-12-9-6-3)82-76(79)70-67-64-61-58-55-52-49-47-45-42-34-32-30-28-26-23-20-17-14-11-8-5-2/h73H,4-72H2,1-3H3. The Kier molecular flexibility index (Phi) is 70.5. The molecule has 488 valence electrons.